The summed E-state index contributed by atoms with van der Waals surface area (Å²) in [6.45, 7) is 2.02. The highest BCUT2D eigenvalue weighted by Crippen LogP contribution is 2.16. The van der Waals surface area contributed by atoms with Gasteiger partial charge in [-0.2, -0.15) is 0 Å². The molecule has 1 aromatic carbocycles. The molecule has 1 aromatic rings. The maximum atomic E-state index is 13.8. The lowest BCUT2D eigenvalue weighted by Gasteiger charge is -2.27. The highest BCUT2D eigenvalue weighted by molar-refractivity contribution is 5.87. The Morgan fingerprint density at radius 3 is 2.90 bits per heavy atom. The number of aromatic carboxylic acids is 1. The Morgan fingerprint density at radius 1 is 1.50 bits per heavy atom. The van der Waals surface area contributed by atoms with Crippen LogP contribution in [0.25, 0.3) is 0 Å². The van der Waals surface area contributed by atoms with E-state index in [1.807, 2.05) is 11.9 Å². The van der Waals surface area contributed by atoms with Crippen molar-refractivity contribution in [2.45, 2.75) is 31.9 Å². The fourth-order valence-electron chi connectivity index (χ4n) is 2.46. The minimum atomic E-state index is -1.11. The van der Waals surface area contributed by atoms with Crippen LogP contribution in [0, 0.1) is 5.82 Å². The van der Waals surface area contributed by atoms with Crippen molar-refractivity contribution in [3.8, 4) is 0 Å². The molecule has 5 heteroatoms. The fraction of sp³-hybridized carbons (Fsp3) is 0.533. The van der Waals surface area contributed by atoms with Crippen LogP contribution in [0.2, 0.25) is 0 Å². The van der Waals surface area contributed by atoms with Crippen LogP contribution in [0.4, 0.5) is 4.39 Å². The van der Waals surface area contributed by atoms with Crippen molar-refractivity contribution in [3.63, 3.8) is 0 Å². The first-order chi connectivity index (χ1) is 9.56. The number of hydrogen-bond donors (Lipinski definition) is 1. The van der Waals surface area contributed by atoms with E-state index in [0.717, 1.165) is 32.1 Å². The van der Waals surface area contributed by atoms with Gasteiger partial charge in [0.2, 0.25) is 0 Å². The summed E-state index contributed by atoms with van der Waals surface area (Å²) in [6.07, 6.45) is 3.56. The van der Waals surface area contributed by atoms with Gasteiger partial charge in [-0.25, -0.2) is 9.18 Å². The lowest BCUT2D eigenvalue weighted by atomic mass is 10.1. The van der Waals surface area contributed by atoms with Gasteiger partial charge in [-0.1, -0.05) is 6.07 Å². The van der Waals surface area contributed by atoms with E-state index in [0.29, 0.717) is 12.1 Å². The molecule has 1 N–H and O–H groups in total. The molecule has 2 rings (SSSR count). The van der Waals surface area contributed by atoms with Crippen molar-refractivity contribution in [3.05, 3.63) is 35.1 Å². The zero-order chi connectivity index (χ0) is 14.5. The van der Waals surface area contributed by atoms with Gasteiger partial charge in [0, 0.05) is 25.3 Å². The molecule has 1 aliphatic rings. The van der Waals surface area contributed by atoms with Gasteiger partial charge in [0.1, 0.15) is 5.82 Å². The Bertz CT molecular complexity index is 472. The molecule has 20 heavy (non-hydrogen) atoms. The molecule has 0 amide bonds. The zero-order valence-electron chi connectivity index (χ0n) is 11.6. The first kappa shape index (κ1) is 14.9. The van der Waals surface area contributed by atoms with Crippen molar-refractivity contribution >= 4 is 5.97 Å². The quantitative estimate of drug-likeness (QED) is 0.901. The predicted molar refractivity (Wildman–Crippen MR) is 73.3 cm³/mol. The molecule has 1 aliphatic heterocycles. The van der Waals surface area contributed by atoms with Crippen LogP contribution in [0.5, 0.6) is 0 Å². The van der Waals surface area contributed by atoms with Crippen molar-refractivity contribution in [2.75, 3.05) is 20.2 Å². The first-order valence-electron chi connectivity index (χ1n) is 6.88. The summed E-state index contributed by atoms with van der Waals surface area (Å²) in [7, 11) is 1.92. The standard InChI is InChI=1S/C15H20FNO3/c1-17(10-13-4-2-3-7-20-13)9-12-6-5-11(15(18)19)8-14(12)16/h5-6,8,13H,2-4,7,9-10H2,1H3,(H,18,19). The van der Waals surface area contributed by atoms with Gasteiger partial charge in [0.05, 0.1) is 11.7 Å². The van der Waals surface area contributed by atoms with Crippen molar-refractivity contribution in [1.82, 2.24) is 4.90 Å². The SMILES string of the molecule is CN(Cc1ccc(C(=O)O)cc1F)CC1CCCCO1. The minimum absolute atomic E-state index is 0.0236. The largest absolute Gasteiger partial charge is 0.478 e. The van der Waals surface area contributed by atoms with Crippen LogP contribution in [0.1, 0.15) is 35.2 Å². The summed E-state index contributed by atoms with van der Waals surface area (Å²) in [5.41, 5.74) is 0.484. The smallest absolute Gasteiger partial charge is 0.335 e. The number of carbonyl (C=O) groups is 1. The Morgan fingerprint density at radius 2 is 2.30 bits per heavy atom. The van der Waals surface area contributed by atoms with Gasteiger partial charge in [0.15, 0.2) is 0 Å². The molecular formula is C15H20FNO3. The third-order valence-corrected chi connectivity index (χ3v) is 3.53. The number of benzene rings is 1. The van der Waals surface area contributed by atoms with Gasteiger partial charge < -0.3 is 9.84 Å². The normalized spacial score (nSPS) is 19.2. The maximum Gasteiger partial charge on any atom is 0.335 e. The number of rotatable bonds is 5. The summed E-state index contributed by atoms with van der Waals surface area (Å²) in [5.74, 6) is -1.58. The second-order valence-corrected chi connectivity index (χ2v) is 5.30. The van der Waals surface area contributed by atoms with E-state index >= 15 is 0 Å². The van der Waals surface area contributed by atoms with Crippen LogP contribution >= 0.6 is 0 Å². The van der Waals surface area contributed by atoms with Crippen molar-refractivity contribution in [1.29, 1.82) is 0 Å². The Hall–Kier alpha value is -1.46. The molecule has 4 nitrogen and oxygen atoms in total. The molecule has 1 fully saturated rings. The van der Waals surface area contributed by atoms with E-state index in [-0.39, 0.29) is 11.7 Å². The molecule has 1 heterocycles. The summed E-state index contributed by atoms with van der Waals surface area (Å²) < 4.78 is 19.5. The molecule has 0 saturated carbocycles. The Labute approximate surface area is 118 Å². The summed E-state index contributed by atoms with van der Waals surface area (Å²) >= 11 is 0. The summed E-state index contributed by atoms with van der Waals surface area (Å²) in [6, 6.07) is 4.05. The maximum absolute atomic E-state index is 13.8. The molecule has 0 aliphatic carbocycles. The summed E-state index contributed by atoms with van der Waals surface area (Å²) in [5, 5.41) is 8.80. The van der Waals surface area contributed by atoms with E-state index in [4.69, 9.17) is 9.84 Å². The number of carboxylic acid groups (broad SMARTS) is 1. The number of halogens is 1. The summed E-state index contributed by atoms with van der Waals surface area (Å²) in [4.78, 5) is 12.8. The molecule has 0 spiro atoms. The second kappa shape index (κ2) is 6.81. The number of nitrogens with zero attached hydrogens (tertiary/aromatic N) is 1. The zero-order valence-corrected chi connectivity index (χ0v) is 11.6. The Kier molecular flexibility index (Phi) is 5.09. The highest BCUT2D eigenvalue weighted by atomic mass is 19.1. The van der Waals surface area contributed by atoms with E-state index in [2.05, 4.69) is 0 Å². The van der Waals surface area contributed by atoms with Crippen LogP contribution in [0.15, 0.2) is 18.2 Å². The van der Waals surface area contributed by atoms with Crippen LogP contribution in [-0.4, -0.2) is 42.3 Å². The lowest BCUT2D eigenvalue weighted by molar-refractivity contribution is -0.00272. The molecule has 110 valence electrons. The molecule has 0 aromatic heterocycles. The monoisotopic (exact) mass is 281 g/mol. The lowest BCUT2D eigenvalue weighted by Crippen LogP contribution is -2.33. The fourth-order valence-corrected chi connectivity index (χ4v) is 2.46. The Balaban J connectivity index is 1.93. The van der Waals surface area contributed by atoms with Crippen LogP contribution < -0.4 is 0 Å². The average Bonchev–Trinajstić information content (AvgIpc) is 2.42. The van der Waals surface area contributed by atoms with Gasteiger partial charge >= 0.3 is 5.97 Å². The highest BCUT2D eigenvalue weighted by Gasteiger charge is 2.17. The molecule has 0 radical (unpaired) electrons. The first-order valence-corrected chi connectivity index (χ1v) is 6.88. The predicted octanol–water partition coefficient (Wildman–Crippen LogP) is 2.52. The molecular weight excluding hydrogens is 261 g/mol. The second-order valence-electron chi connectivity index (χ2n) is 5.30. The van der Waals surface area contributed by atoms with Crippen molar-refractivity contribution < 1.29 is 19.0 Å². The minimum Gasteiger partial charge on any atom is -0.478 e. The van der Waals surface area contributed by atoms with Crippen molar-refractivity contribution in [2.24, 2.45) is 0 Å². The van der Waals surface area contributed by atoms with Gasteiger partial charge in [0.25, 0.3) is 0 Å². The number of likely N-dealkylation sites (N-methyl/N-ethyl adjacent to an activating group) is 1. The van der Waals surface area contributed by atoms with Gasteiger partial charge in [-0.05, 0) is 38.4 Å². The van der Waals surface area contributed by atoms with E-state index in [1.54, 1.807) is 0 Å². The number of hydrogen-bond acceptors (Lipinski definition) is 3. The van der Waals surface area contributed by atoms with E-state index in [9.17, 15) is 9.18 Å². The number of carboxylic acids is 1. The molecule has 1 atom stereocenters. The van der Waals surface area contributed by atoms with Crippen LogP contribution in [-0.2, 0) is 11.3 Å². The van der Waals surface area contributed by atoms with E-state index in [1.165, 1.54) is 18.6 Å². The van der Waals surface area contributed by atoms with Crippen LogP contribution in [0.3, 0.4) is 0 Å². The molecule has 1 saturated heterocycles. The van der Waals surface area contributed by atoms with Gasteiger partial charge in [-0.3, -0.25) is 4.90 Å². The van der Waals surface area contributed by atoms with E-state index < -0.39 is 11.8 Å². The third kappa shape index (κ3) is 4.02. The third-order valence-electron chi connectivity index (χ3n) is 3.53. The molecule has 0 bridgehead atoms. The average molecular weight is 281 g/mol. The van der Waals surface area contributed by atoms with Gasteiger partial charge in [-0.15, -0.1) is 0 Å². The number of ether oxygens (including phenoxy) is 1. The topological polar surface area (TPSA) is 49.8 Å². The molecule has 1 unspecified atom stereocenters.